The van der Waals surface area contributed by atoms with Crippen LogP contribution >= 0.6 is 22.7 Å². The highest BCUT2D eigenvalue weighted by molar-refractivity contribution is 7.20. The van der Waals surface area contributed by atoms with Crippen LogP contribution in [-0.4, -0.2) is 27.0 Å². The average molecular weight is 448 g/mol. The van der Waals surface area contributed by atoms with E-state index >= 15 is 0 Å². The number of carbonyl (C=O) groups excluding carboxylic acids is 1. The molecule has 0 radical (unpaired) electrons. The molecule has 0 aliphatic rings. The highest BCUT2D eigenvalue weighted by Gasteiger charge is 2.26. The molecule has 3 N–H and O–H groups in total. The van der Waals surface area contributed by atoms with E-state index < -0.39 is 17.2 Å². The number of thiazole rings is 1. The number of nitrogens with one attached hydrogen (secondary N) is 1. The summed E-state index contributed by atoms with van der Waals surface area (Å²) in [5, 5.41) is 4.39. The molecule has 0 bridgehead atoms. The molecule has 3 aromatic rings. The number of amides is 1. The summed E-state index contributed by atoms with van der Waals surface area (Å²) in [7, 11) is 0. The van der Waals surface area contributed by atoms with E-state index in [1.54, 1.807) is 16.7 Å². The summed E-state index contributed by atoms with van der Waals surface area (Å²) in [6.07, 6.45) is 3.10. The smallest absolute Gasteiger partial charge is 0.330 e. The van der Waals surface area contributed by atoms with Crippen LogP contribution in [0.2, 0.25) is 0 Å². The molecule has 3 heterocycles. The topological polar surface area (TPSA) is 114 Å². The Morgan fingerprint density at radius 2 is 2.00 bits per heavy atom. The lowest BCUT2D eigenvalue weighted by molar-refractivity contribution is 0.0982. The number of hydrogen-bond donors (Lipinski definition) is 2. The molecular weight excluding hydrogens is 422 g/mol. The first-order valence-electron chi connectivity index (χ1n) is 9.91. The Kier molecular flexibility index (Phi) is 7.22. The molecule has 0 spiro atoms. The molecule has 1 amide bonds. The third kappa shape index (κ3) is 4.54. The fourth-order valence-corrected chi connectivity index (χ4v) is 4.64. The second-order valence-electron chi connectivity index (χ2n) is 6.82. The zero-order valence-corrected chi connectivity index (χ0v) is 18.6. The first-order valence-corrected chi connectivity index (χ1v) is 11.7. The third-order valence-electron chi connectivity index (χ3n) is 4.65. The largest absolute Gasteiger partial charge is 0.383 e. The van der Waals surface area contributed by atoms with E-state index in [2.05, 4.69) is 9.97 Å². The van der Waals surface area contributed by atoms with Crippen molar-refractivity contribution in [2.75, 3.05) is 17.2 Å². The summed E-state index contributed by atoms with van der Waals surface area (Å²) in [6, 6.07) is 3.87. The first-order chi connectivity index (χ1) is 14.5. The number of unbranched alkanes of at least 4 members (excludes halogenated alkanes) is 2. The van der Waals surface area contributed by atoms with Crippen molar-refractivity contribution in [2.24, 2.45) is 0 Å². The number of nitrogen functional groups attached to an aromatic ring is 1. The quantitative estimate of drug-likeness (QED) is 0.521. The van der Waals surface area contributed by atoms with Gasteiger partial charge < -0.3 is 5.73 Å². The van der Waals surface area contributed by atoms with E-state index in [9.17, 15) is 14.4 Å². The maximum atomic E-state index is 13.3. The number of nitrogens with zero attached hydrogens (tertiary/aromatic N) is 3. The van der Waals surface area contributed by atoms with Gasteiger partial charge in [-0.05, 0) is 24.3 Å². The second-order valence-corrected chi connectivity index (χ2v) is 8.63. The van der Waals surface area contributed by atoms with Gasteiger partial charge in [0.1, 0.15) is 16.5 Å². The van der Waals surface area contributed by atoms with E-state index in [0.717, 1.165) is 29.1 Å². The van der Waals surface area contributed by atoms with Crippen LogP contribution in [0, 0.1) is 0 Å². The number of nitrogens with two attached hydrogens (primary N) is 1. The fourth-order valence-electron chi connectivity index (χ4n) is 3.03. The monoisotopic (exact) mass is 447 g/mol. The molecular formula is C20H25N5O3S2. The number of rotatable bonds is 9. The Balaban J connectivity index is 2.03. The zero-order chi connectivity index (χ0) is 21.7. The van der Waals surface area contributed by atoms with Crippen LogP contribution in [0.25, 0.3) is 9.88 Å². The van der Waals surface area contributed by atoms with Gasteiger partial charge in [-0.15, -0.1) is 22.7 Å². The van der Waals surface area contributed by atoms with Gasteiger partial charge in [0.05, 0.1) is 4.88 Å². The molecule has 10 heteroatoms. The Morgan fingerprint density at radius 1 is 1.23 bits per heavy atom. The molecule has 0 saturated heterocycles. The number of hydrogen-bond acceptors (Lipinski definition) is 7. The molecule has 3 aromatic heterocycles. The highest BCUT2D eigenvalue weighted by Crippen LogP contribution is 2.29. The standard InChI is InChI=1S/C20H25N5O3S2/c1-3-5-9-24(15-16(21)25(10-6-4-2)20(28)23-17(15)26)19(27)13-12-30-18(22-13)14-8-7-11-29-14/h7-8,11-12H,3-6,9-10,21H2,1-2H3,(H,23,26,28). The number of carbonyl (C=O) groups is 1. The summed E-state index contributed by atoms with van der Waals surface area (Å²) in [5.74, 6) is -0.393. The van der Waals surface area contributed by atoms with Crippen LogP contribution in [0.15, 0.2) is 32.5 Å². The van der Waals surface area contributed by atoms with E-state index in [-0.39, 0.29) is 17.2 Å². The van der Waals surface area contributed by atoms with Crippen molar-refractivity contribution in [3.8, 4) is 9.88 Å². The van der Waals surface area contributed by atoms with Gasteiger partial charge in [0.15, 0.2) is 5.69 Å². The minimum absolute atomic E-state index is 0.00910. The molecule has 30 heavy (non-hydrogen) atoms. The summed E-state index contributed by atoms with van der Waals surface area (Å²) in [6.45, 7) is 4.68. The van der Waals surface area contributed by atoms with E-state index in [1.807, 2.05) is 31.4 Å². The van der Waals surface area contributed by atoms with Crippen molar-refractivity contribution in [3.05, 3.63) is 49.4 Å². The second kappa shape index (κ2) is 9.86. The minimum atomic E-state index is -0.664. The summed E-state index contributed by atoms with van der Waals surface area (Å²) >= 11 is 2.92. The van der Waals surface area contributed by atoms with Gasteiger partial charge in [-0.3, -0.25) is 24.0 Å². The predicted molar refractivity (Wildman–Crippen MR) is 123 cm³/mol. The summed E-state index contributed by atoms with van der Waals surface area (Å²) < 4.78 is 1.32. The predicted octanol–water partition coefficient (Wildman–Crippen LogP) is 3.55. The molecule has 0 unspecified atom stereocenters. The number of H-pyrrole nitrogens is 1. The number of anilines is 2. The molecule has 0 saturated carbocycles. The van der Waals surface area contributed by atoms with Crippen LogP contribution in [0.5, 0.6) is 0 Å². The molecule has 0 atom stereocenters. The minimum Gasteiger partial charge on any atom is -0.383 e. The molecule has 0 fully saturated rings. The normalized spacial score (nSPS) is 11.0. The van der Waals surface area contributed by atoms with Crippen LogP contribution in [0.1, 0.15) is 50.0 Å². The van der Waals surface area contributed by atoms with Gasteiger partial charge in [-0.25, -0.2) is 9.78 Å². The van der Waals surface area contributed by atoms with Gasteiger partial charge in [0, 0.05) is 18.5 Å². The van der Waals surface area contributed by atoms with Gasteiger partial charge in [-0.2, -0.15) is 0 Å². The van der Waals surface area contributed by atoms with Crippen LogP contribution in [-0.2, 0) is 6.54 Å². The van der Waals surface area contributed by atoms with Crippen molar-refractivity contribution >= 4 is 40.1 Å². The Bertz CT molecular complexity index is 1110. The van der Waals surface area contributed by atoms with Gasteiger partial charge in [-0.1, -0.05) is 32.8 Å². The Morgan fingerprint density at radius 3 is 2.67 bits per heavy atom. The van der Waals surface area contributed by atoms with Crippen LogP contribution in [0.4, 0.5) is 11.5 Å². The SMILES string of the molecule is CCCCN(C(=O)c1csc(-c2cccs2)n1)c1c(N)n(CCCC)c(=O)[nH]c1=O. The Hall–Kier alpha value is -2.72. The van der Waals surface area contributed by atoms with Crippen LogP contribution < -0.4 is 21.9 Å². The first kappa shape index (κ1) is 22.0. The molecule has 8 nitrogen and oxygen atoms in total. The van der Waals surface area contributed by atoms with E-state index in [1.165, 1.54) is 20.8 Å². The molecule has 0 aliphatic carbocycles. The van der Waals surface area contributed by atoms with Crippen molar-refractivity contribution in [1.29, 1.82) is 0 Å². The summed E-state index contributed by atoms with van der Waals surface area (Å²) in [4.78, 5) is 47.3. The van der Waals surface area contributed by atoms with Crippen LogP contribution in [0.3, 0.4) is 0 Å². The molecule has 0 aliphatic heterocycles. The van der Waals surface area contributed by atoms with Crippen molar-refractivity contribution < 1.29 is 4.79 Å². The molecule has 160 valence electrons. The third-order valence-corrected chi connectivity index (χ3v) is 6.54. The lowest BCUT2D eigenvalue weighted by Gasteiger charge is -2.23. The number of thiophene rings is 1. The number of aromatic nitrogens is 3. The van der Waals surface area contributed by atoms with Gasteiger partial charge in [0.25, 0.3) is 11.5 Å². The van der Waals surface area contributed by atoms with E-state index in [0.29, 0.717) is 19.5 Å². The van der Waals surface area contributed by atoms with Gasteiger partial charge in [0.2, 0.25) is 0 Å². The van der Waals surface area contributed by atoms with Gasteiger partial charge >= 0.3 is 5.69 Å². The van der Waals surface area contributed by atoms with Crippen molar-refractivity contribution in [2.45, 2.75) is 46.1 Å². The zero-order valence-electron chi connectivity index (χ0n) is 17.0. The van der Waals surface area contributed by atoms with E-state index in [4.69, 9.17) is 5.73 Å². The lowest BCUT2D eigenvalue weighted by atomic mass is 10.2. The van der Waals surface area contributed by atoms with Crippen molar-refractivity contribution in [3.63, 3.8) is 0 Å². The number of aromatic amines is 1. The maximum Gasteiger partial charge on any atom is 0.330 e. The maximum absolute atomic E-state index is 13.3. The Labute approximate surface area is 182 Å². The fraction of sp³-hybridized carbons (Fsp3) is 0.400. The molecule has 3 rings (SSSR count). The molecule has 0 aromatic carbocycles. The highest BCUT2D eigenvalue weighted by atomic mass is 32.1. The van der Waals surface area contributed by atoms with Crippen molar-refractivity contribution in [1.82, 2.24) is 14.5 Å². The summed E-state index contributed by atoms with van der Waals surface area (Å²) in [5.41, 5.74) is 5.27. The average Bonchev–Trinajstić information content (AvgIpc) is 3.41. The lowest BCUT2D eigenvalue weighted by Crippen LogP contribution is -2.41.